The molecule has 1 heterocycles. The minimum atomic E-state index is -0.470. The van der Waals surface area contributed by atoms with E-state index in [1.54, 1.807) is 29.2 Å². The van der Waals surface area contributed by atoms with Crippen molar-refractivity contribution in [3.63, 3.8) is 0 Å². The van der Waals surface area contributed by atoms with Crippen molar-refractivity contribution < 1.29 is 19.1 Å². The van der Waals surface area contributed by atoms with Crippen LogP contribution >= 0.6 is 0 Å². The summed E-state index contributed by atoms with van der Waals surface area (Å²) in [6.07, 6.45) is 1.47. The fourth-order valence-corrected chi connectivity index (χ4v) is 2.87. The summed E-state index contributed by atoms with van der Waals surface area (Å²) < 4.78 is 10.7. The molecule has 5 nitrogen and oxygen atoms in total. The average Bonchev–Trinajstić information content (AvgIpc) is 3.07. The predicted octanol–water partition coefficient (Wildman–Crippen LogP) is 3.92. The third-order valence-electron chi connectivity index (χ3n) is 4.36. The number of carbonyl (C=O) groups is 2. The van der Waals surface area contributed by atoms with E-state index in [9.17, 15) is 9.59 Å². The van der Waals surface area contributed by atoms with E-state index in [1.165, 1.54) is 5.56 Å². The molecule has 1 aliphatic rings. The summed E-state index contributed by atoms with van der Waals surface area (Å²) >= 11 is 0. The van der Waals surface area contributed by atoms with Gasteiger partial charge in [0.2, 0.25) is 5.91 Å². The van der Waals surface area contributed by atoms with Gasteiger partial charge in [-0.1, -0.05) is 26.0 Å². The Hall–Kier alpha value is -2.82. The van der Waals surface area contributed by atoms with E-state index in [2.05, 4.69) is 13.8 Å². The smallest absolute Gasteiger partial charge is 0.349 e. The number of benzene rings is 2. The number of anilines is 1. The topological polar surface area (TPSA) is 55.8 Å². The molecule has 26 heavy (non-hydrogen) atoms. The number of nitrogens with zero attached hydrogens (tertiary/aromatic N) is 1. The molecule has 1 fully saturated rings. The van der Waals surface area contributed by atoms with Crippen LogP contribution < -0.4 is 14.4 Å². The molecule has 0 bridgehead atoms. The summed E-state index contributed by atoms with van der Waals surface area (Å²) in [6.45, 7) is 4.82. The third kappa shape index (κ3) is 4.42. The second kappa shape index (κ2) is 8.04. The molecule has 1 saturated heterocycles. The Morgan fingerprint density at radius 2 is 1.69 bits per heavy atom. The lowest BCUT2D eigenvalue weighted by atomic mass is 10.0. The maximum atomic E-state index is 11.9. The summed E-state index contributed by atoms with van der Waals surface area (Å²) in [5.41, 5.74) is 2.05. The van der Waals surface area contributed by atoms with Gasteiger partial charge in [-0.3, -0.25) is 4.79 Å². The lowest BCUT2D eigenvalue weighted by Crippen LogP contribution is -2.23. The molecular weight excluding hydrogens is 330 g/mol. The van der Waals surface area contributed by atoms with Gasteiger partial charge in [0.05, 0.1) is 0 Å². The first-order chi connectivity index (χ1) is 12.5. The van der Waals surface area contributed by atoms with Crippen LogP contribution in [0.3, 0.4) is 0 Å². The molecule has 5 heteroatoms. The zero-order chi connectivity index (χ0) is 18.5. The van der Waals surface area contributed by atoms with Gasteiger partial charge >= 0.3 is 5.97 Å². The first-order valence-corrected chi connectivity index (χ1v) is 8.87. The molecule has 3 rings (SSSR count). The Bertz CT molecular complexity index is 766. The molecule has 0 atom stereocenters. The maximum absolute atomic E-state index is 11.9. The number of esters is 1. The van der Waals surface area contributed by atoms with Gasteiger partial charge in [-0.05, 0) is 54.3 Å². The van der Waals surface area contributed by atoms with Gasteiger partial charge in [0.1, 0.15) is 11.5 Å². The zero-order valence-electron chi connectivity index (χ0n) is 15.1. The number of amides is 1. The van der Waals surface area contributed by atoms with Crippen molar-refractivity contribution in [1.29, 1.82) is 0 Å². The molecule has 1 aliphatic heterocycles. The van der Waals surface area contributed by atoms with Crippen LogP contribution in [0.15, 0.2) is 48.5 Å². The summed E-state index contributed by atoms with van der Waals surface area (Å²) in [4.78, 5) is 25.4. The van der Waals surface area contributed by atoms with E-state index in [0.717, 1.165) is 18.7 Å². The van der Waals surface area contributed by atoms with E-state index in [0.29, 0.717) is 23.8 Å². The van der Waals surface area contributed by atoms with Crippen LogP contribution in [-0.2, 0) is 9.59 Å². The molecular formula is C21H23NO4. The molecule has 0 radical (unpaired) electrons. The van der Waals surface area contributed by atoms with E-state index in [-0.39, 0.29) is 12.5 Å². The molecule has 0 aliphatic carbocycles. The Morgan fingerprint density at radius 1 is 1.04 bits per heavy atom. The Morgan fingerprint density at radius 3 is 2.27 bits per heavy atom. The highest BCUT2D eigenvalue weighted by Gasteiger charge is 2.21. The minimum absolute atomic E-state index is 0.131. The number of hydrogen-bond donors (Lipinski definition) is 0. The molecule has 2 aromatic carbocycles. The van der Waals surface area contributed by atoms with Crippen molar-refractivity contribution in [1.82, 2.24) is 0 Å². The highest BCUT2D eigenvalue weighted by Crippen LogP contribution is 2.24. The first-order valence-electron chi connectivity index (χ1n) is 8.87. The minimum Gasteiger partial charge on any atom is -0.482 e. The molecule has 0 unspecified atom stereocenters. The van der Waals surface area contributed by atoms with Gasteiger partial charge in [0.15, 0.2) is 6.61 Å². The Balaban J connectivity index is 1.50. The van der Waals surface area contributed by atoms with E-state index in [1.807, 2.05) is 24.3 Å². The highest BCUT2D eigenvalue weighted by molar-refractivity contribution is 5.95. The second-order valence-electron chi connectivity index (χ2n) is 6.63. The van der Waals surface area contributed by atoms with Crippen molar-refractivity contribution in [3.8, 4) is 11.5 Å². The van der Waals surface area contributed by atoms with Crippen LogP contribution in [0.5, 0.6) is 11.5 Å². The van der Waals surface area contributed by atoms with Crippen LogP contribution in [0, 0.1) is 0 Å². The fraction of sp³-hybridized carbons (Fsp3) is 0.333. The van der Waals surface area contributed by atoms with Gasteiger partial charge in [0.25, 0.3) is 0 Å². The highest BCUT2D eigenvalue weighted by atomic mass is 16.6. The molecule has 0 spiro atoms. The van der Waals surface area contributed by atoms with Crippen LogP contribution in [0.1, 0.15) is 38.2 Å². The van der Waals surface area contributed by atoms with Gasteiger partial charge in [-0.15, -0.1) is 0 Å². The van der Waals surface area contributed by atoms with Crippen molar-refractivity contribution >= 4 is 17.6 Å². The summed E-state index contributed by atoms with van der Waals surface area (Å²) in [7, 11) is 0. The number of hydrogen-bond acceptors (Lipinski definition) is 4. The van der Waals surface area contributed by atoms with Gasteiger partial charge < -0.3 is 14.4 Å². The average molecular weight is 353 g/mol. The molecule has 1 amide bonds. The number of carbonyl (C=O) groups excluding carboxylic acids is 2. The molecule has 136 valence electrons. The second-order valence-corrected chi connectivity index (χ2v) is 6.63. The van der Waals surface area contributed by atoms with Crippen molar-refractivity contribution in [2.24, 2.45) is 0 Å². The molecule has 0 N–H and O–H groups in total. The van der Waals surface area contributed by atoms with Crippen molar-refractivity contribution in [2.45, 2.75) is 32.6 Å². The maximum Gasteiger partial charge on any atom is 0.349 e. The molecule has 0 saturated carbocycles. The van der Waals surface area contributed by atoms with Crippen molar-refractivity contribution in [3.05, 3.63) is 54.1 Å². The monoisotopic (exact) mass is 353 g/mol. The normalized spacial score (nSPS) is 14.0. The van der Waals surface area contributed by atoms with Gasteiger partial charge in [-0.2, -0.15) is 0 Å². The predicted molar refractivity (Wildman–Crippen MR) is 99.7 cm³/mol. The number of ether oxygens (including phenoxy) is 2. The fourth-order valence-electron chi connectivity index (χ4n) is 2.87. The van der Waals surface area contributed by atoms with E-state index in [4.69, 9.17) is 9.47 Å². The third-order valence-corrected chi connectivity index (χ3v) is 4.36. The first kappa shape index (κ1) is 18.0. The number of rotatable bonds is 6. The van der Waals surface area contributed by atoms with Crippen LogP contribution in [0.2, 0.25) is 0 Å². The lowest BCUT2D eigenvalue weighted by molar-refractivity contribution is -0.136. The summed E-state index contributed by atoms with van der Waals surface area (Å²) in [5.74, 6) is 1.18. The Labute approximate surface area is 153 Å². The van der Waals surface area contributed by atoms with E-state index < -0.39 is 5.97 Å². The van der Waals surface area contributed by atoms with Crippen LogP contribution in [-0.4, -0.2) is 25.0 Å². The zero-order valence-corrected chi connectivity index (χ0v) is 15.1. The van der Waals surface area contributed by atoms with Crippen LogP contribution in [0.25, 0.3) is 0 Å². The summed E-state index contributed by atoms with van der Waals surface area (Å²) in [5, 5.41) is 0. The van der Waals surface area contributed by atoms with E-state index >= 15 is 0 Å². The van der Waals surface area contributed by atoms with Gasteiger partial charge in [0, 0.05) is 18.7 Å². The van der Waals surface area contributed by atoms with Crippen LogP contribution in [0.4, 0.5) is 5.69 Å². The standard InChI is InChI=1S/C21H23NO4/c1-15(2)16-5-9-18(10-6-16)25-14-21(24)26-19-11-7-17(8-12-19)22-13-3-4-20(22)23/h5-12,15H,3-4,13-14H2,1-2H3. The van der Waals surface area contributed by atoms with Crippen molar-refractivity contribution in [2.75, 3.05) is 18.1 Å². The lowest BCUT2D eigenvalue weighted by Gasteiger charge is -2.15. The van der Waals surface area contributed by atoms with Gasteiger partial charge in [-0.25, -0.2) is 4.79 Å². The quantitative estimate of drug-likeness (QED) is 0.583. The Kier molecular flexibility index (Phi) is 5.56. The largest absolute Gasteiger partial charge is 0.482 e. The SMILES string of the molecule is CC(C)c1ccc(OCC(=O)Oc2ccc(N3CCCC3=O)cc2)cc1. The molecule has 2 aromatic rings. The molecule has 0 aromatic heterocycles. The summed E-state index contributed by atoms with van der Waals surface area (Å²) in [6, 6.07) is 14.6.